The smallest absolute Gasteiger partial charge is 0.335 e. The zero-order valence-electron chi connectivity index (χ0n) is 13.0. The van der Waals surface area contributed by atoms with Gasteiger partial charge in [-0.15, -0.1) is 0 Å². The first-order valence-electron chi connectivity index (χ1n) is 7.48. The van der Waals surface area contributed by atoms with Crippen LogP contribution < -0.4 is 5.32 Å². The van der Waals surface area contributed by atoms with E-state index in [1.165, 1.54) is 24.6 Å². The van der Waals surface area contributed by atoms with Crippen molar-refractivity contribution in [3.8, 4) is 0 Å². The Morgan fingerprint density at radius 3 is 2.55 bits per heavy atom. The van der Waals surface area contributed by atoms with Gasteiger partial charge < -0.3 is 10.4 Å². The van der Waals surface area contributed by atoms with E-state index in [0.717, 1.165) is 12.0 Å². The van der Waals surface area contributed by atoms with E-state index in [4.69, 9.17) is 5.11 Å². The third-order valence-electron chi connectivity index (χ3n) is 4.29. The summed E-state index contributed by atoms with van der Waals surface area (Å²) >= 11 is 0. The number of likely N-dealkylation sites (tertiary alicyclic amines) is 1. The van der Waals surface area contributed by atoms with Crippen molar-refractivity contribution < 1.29 is 14.7 Å². The molecule has 0 aliphatic carbocycles. The first kappa shape index (κ1) is 16.2. The van der Waals surface area contributed by atoms with Gasteiger partial charge in [0.25, 0.3) is 0 Å². The van der Waals surface area contributed by atoms with Crippen molar-refractivity contribution in [1.29, 1.82) is 0 Å². The van der Waals surface area contributed by atoms with E-state index < -0.39 is 5.97 Å². The summed E-state index contributed by atoms with van der Waals surface area (Å²) in [5.41, 5.74) is 1.03. The summed E-state index contributed by atoms with van der Waals surface area (Å²) in [4.78, 5) is 24.9. The molecule has 0 bridgehead atoms. The molecule has 1 amide bonds. The number of nitrogens with one attached hydrogen (secondary N) is 1. The van der Waals surface area contributed by atoms with Gasteiger partial charge in [0.05, 0.1) is 5.56 Å². The van der Waals surface area contributed by atoms with Crippen LogP contribution in [0.15, 0.2) is 30.3 Å². The standard InChI is InChI=1S/C17H22N2O3/c1-12-3-9-15(19(12)2)11-18-16(20)10-6-13-4-7-14(8-5-13)17(21)22/h4-8,10,12,15H,3,9,11H2,1-2H3,(H,18,20)(H,21,22)/b10-6+/t12-,15-/m0/s1. The molecule has 22 heavy (non-hydrogen) atoms. The first-order chi connectivity index (χ1) is 10.5. The van der Waals surface area contributed by atoms with Gasteiger partial charge in [-0.25, -0.2) is 4.79 Å². The molecule has 118 valence electrons. The fraction of sp³-hybridized carbons (Fsp3) is 0.412. The lowest BCUT2D eigenvalue weighted by Gasteiger charge is -2.23. The summed E-state index contributed by atoms with van der Waals surface area (Å²) in [6, 6.07) is 7.38. The van der Waals surface area contributed by atoms with Crippen LogP contribution in [0.3, 0.4) is 0 Å². The highest BCUT2D eigenvalue weighted by Crippen LogP contribution is 2.20. The molecule has 2 atom stereocenters. The molecule has 1 heterocycles. The Kier molecular flexibility index (Phi) is 5.33. The van der Waals surface area contributed by atoms with E-state index in [1.807, 2.05) is 0 Å². The predicted octanol–water partition coefficient (Wildman–Crippen LogP) is 2.00. The van der Waals surface area contributed by atoms with Crippen LogP contribution in [0.2, 0.25) is 0 Å². The van der Waals surface area contributed by atoms with E-state index in [2.05, 4.69) is 24.2 Å². The molecule has 1 aliphatic heterocycles. The SMILES string of the molecule is C[C@H]1CC[C@@H](CNC(=O)/C=C/c2ccc(C(=O)O)cc2)N1C. The average Bonchev–Trinajstić information content (AvgIpc) is 2.83. The molecule has 1 aromatic rings. The predicted molar refractivity (Wildman–Crippen MR) is 85.7 cm³/mol. The normalized spacial score (nSPS) is 22.1. The highest BCUT2D eigenvalue weighted by molar-refractivity contribution is 5.92. The summed E-state index contributed by atoms with van der Waals surface area (Å²) in [7, 11) is 2.09. The van der Waals surface area contributed by atoms with Gasteiger partial charge in [0, 0.05) is 24.7 Å². The fourth-order valence-corrected chi connectivity index (χ4v) is 2.63. The first-order valence-corrected chi connectivity index (χ1v) is 7.48. The minimum atomic E-state index is -0.955. The lowest BCUT2D eigenvalue weighted by molar-refractivity contribution is -0.116. The summed E-state index contributed by atoms with van der Waals surface area (Å²) in [5, 5.41) is 11.7. The quantitative estimate of drug-likeness (QED) is 0.816. The Labute approximate surface area is 130 Å². The molecule has 2 rings (SSSR count). The number of hydrogen-bond acceptors (Lipinski definition) is 3. The van der Waals surface area contributed by atoms with Crippen LogP contribution in [0, 0.1) is 0 Å². The molecule has 2 N–H and O–H groups in total. The Balaban J connectivity index is 1.82. The van der Waals surface area contributed by atoms with Crippen LogP contribution in [0.4, 0.5) is 0 Å². The van der Waals surface area contributed by atoms with Crippen molar-refractivity contribution >= 4 is 18.0 Å². The highest BCUT2D eigenvalue weighted by atomic mass is 16.4. The summed E-state index contributed by atoms with van der Waals surface area (Å²) in [6.07, 6.45) is 5.44. The van der Waals surface area contributed by atoms with Gasteiger partial charge in [0.2, 0.25) is 5.91 Å². The fourth-order valence-electron chi connectivity index (χ4n) is 2.63. The number of aromatic carboxylic acids is 1. The van der Waals surface area contributed by atoms with Gasteiger partial charge in [-0.2, -0.15) is 0 Å². The topological polar surface area (TPSA) is 69.6 Å². The van der Waals surface area contributed by atoms with Crippen molar-refractivity contribution in [2.45, 2.75) is 31.8 Å². The number of nitrogens with zero attached hydrogens (tertiary/aromatic N) is 1. The third-order valence-corrected chi connectivity index (χ3v) is 4.29. The average molecular weight is 302 g/mol. The molecule has 0 spiro atoms. The number of carbonyl (C=O) groups excluding carboxylic acids is 1. The lowest BCUT2D eigenvalue weighted by Crippen LogP contribution is -2.39. The monoisotopic (exact) mass is 302 g/mol. The van der Waals surface area contributed by atoms with Crippen LogP contribution in [0.25, 0.3) is 6.08 Å². The number of carboxylic acid groups (broad SMARTS) is 1. The van der Waals surface area contributed by atoms with Crippen molar-refractivity contribution in [2.75, 3.05) is 13.6 Å². The third kappa shape index (κ3) is 4.18. The minimum Gasteiger partial charge on any atom is -0.478 e. The van der Waals surface area contributed by atoms with E-state index in [9.17, 15) is 9.59 Å². The van der Waals surface area contributed by atoms with Crippen molar-refractivity contribution in [3.05, 3.63) is 41.5 Å². The molecule has 1 fully saturated rings. The number of hydrogen-bond donors (Lipinski definition) is 2. The molecular formula is C17H22N2O3. The summed E-state index contributed by atoms with van der Waals surface area (Å²) in [5.74, 6) is -1.08. The number of benzene rings is 1. The van der Waals surface area contributed by atoms with E-state index in [0.29, 0.717) is 18.6 Å². The van der Waals surface area contributed by atoms with Crippen molar-refractivity contribution in [2.24, 2.45) is 0 Å². The number of rotatable bonds is 5. The van der Waals surface area contributed by atoms with Crippen molar-refractivity contribution in [1.82, 2.24) is 10.2 Å². The van der Waals surface area contributed by atoms with E-state index in [-0.39, 0.29) is 11.5 Å². The zero-order valence-corrected chi connectivity index (χ0v) is 13.0. The maximum Gasteiger partial charge on any atom is 0.335 e. The number of amides is 1. The molecule has 1 aromatic carbocycles. The second kappa shape index (κ2) is 7.22. The molecule has 0 radical (unpaired) electrons. The molecule has 0 unspecified atom stereocenters. The van der Waals surface area contributed by atoms with Gasteiger partial charge in [-0.3, -0.25) is 9.69 Å². The molecule has 1 saturated heterocycles. The van der Waals surface area contributed by atoms with E-state index in [1.54, 1.807) is 18.2 Å². The Bertz CT molecular complexity index is 566. The van der Waals surface area contributed by atoms with Gasteiger partial charge in [0.15, 0.2) is 0 Å². The maximum absolute atomic E-state index is 11.8. The van der Waals surface area contributed by atoms with Gasteiger partial charge in [-0.1, -0.05) is 12.1 Å². The largest absolute Gasteiger partial charge is 0.478 e. The molecule has 0 saturated carbocycles. The van der Waals surface area contributed by atoms with E-state index >= 15 is 0 Å². The molecule has 5 nitrogen and oxygen atoms in total. The molecule has 0 aromatic heterocycles. The Morgan fingerprint density at radius 2 is 2.00 bits per heavy atom. The highest BCUT2D eigenvalue weighted by Gasteiger charge is 2.26. The lowest BCUT2D eigenvalue weighted by atomic mass is 10.1. The number of likely N-dealkylation sites (N-methyl/N-ethyl adjacent to an activating group) is 1. The number of carbonyl (C=O) groups is 2. The van der Waals surface area contributed by atoms with Gasteiger partial charge >= 0.3 is 5.97 Å². The van der Waals surface area contributed by atoms with Crippen LogP contribution >= 0.6 is 0 Å². The Morgan fingerprint density at radius 1 is 1.32 bits per heavy atom. The van der Waals surface area contributed by atoms with Crippen LogP contribution in [-0.4, -0.2) is 47.6 Å². The zero-order chi connectivity index (χ0) is 16.1. The van der Waals surface area contributed by atoms with Crippen molar-refractivity contribution in [3.63, 3.8) is 0 Å². The molecular weight excluding hydrogens is 280 g/mol. The number of carboxylic acids is 1. The summed E-state index contributed by atoms with van der Waals surface area (Å²) < 4.78 is 0. The van der Waals surface area contributed by atoms with Gasteiger partial charge in [0.1, 0.15) is 0 Å². The minimum absolute atomic E-state index is 0.129. The molecule has 5 heteroatoms. The second-order valence-corrected chi connectivity index (χ2v) is 5.75. The molecule has 1 aliphatic rings. The Hall–Kier alpha value is -2.14. The van der Waals surface area contributed by atoms with Crippen LogP contribution in [-0.2, 0) is 4.79 Å². The van der Waals surface area contributed by atoms with Gasteiger partial charge in [-0.05, 0) is 50.6 Å². The maximum atomic E-state index is 11.8. The summed E-state index contributed by atoms with van der Waals surface area (Å²) in [6.45, 7) is 2.85. The second-order valence-electron chi connectivity index (χ2n) is 5.75. The van der Waals surface area contributed by atoms with Crippen LogP contribution in [0.1, 0.15) is 35.7 Å². The van der Waals surface area contributed by atoms with Crippen LogP contribution in [0.5, 0.6) is 0 Å².